The fraction of sp³-hybridized carbons (Fsp3) is 0.111. The number of methoxy groups -OCH3 is 1. The lowest BCUT2D eigenvalue weighted by atomic mass is 10.0. The molecule has 22 heavy (non-hydrogen) atoms. The van der Waals surface area contributed by atoms with Gasteiger partial charge in [-0.3, -0.25) is 0 Å². The number of nitrogens with one attached hydrogen (secondary N) is 1. The molecule has 0 saturated heterocycles. The van der Waals surface area contributed by atoms with Crippen LogP contribution in [0.3, 0.4) is 0 Å². The van der Waals surface area contributed by atoms with Gasteiger partial charge in [-0.25, -0.2) is 0 Å². The average molecular weight is 313 g/mol. The van der Waals surface area contributed by atoms with E-state index in [4.69, 9.17) is 22.1 Å². The minimum Gasteiger partial charge on any atom is -0.495 e. The predicted molar refractivity (Wildman–Crippen MR) is 92.5 cm³/mol. The van der Waals surface area contributed by atoms with Gasteiger partial charge in [0, 0.05) is 5.02 Å². The first-order chi connectivity index (χ1) is 10.7. The SMILES string of the molecule is COc1ccc(Cl)cc1NC(N)c1cccc2ccccc12. The Morgan fingerprint density at radius 2 is 1.82 bits per heavy atom. The zero-order valence-corrected chi connectivity index (χ0v) is 13.0. The maximum atomic E-state index is 6.36. The lowest BCUT2D eigenvalue weighted by molar-refractivity contribution is 0.416. The van der Waals surface area contributed by atoms with Crippen molar-refractivity contribution in [3.05, 3.63) is 71.2 Å². The molecule has 0 spiro atoms. The summed E-state index contributed by atoms with van der Waals surface area (Å²) in [6.45, 7) is 0. The van der Waals surface area contributed by atoms with Gasteiger partial charge in [-0.2, -0.15) is 0 Å². The number of nitrogens with two attached hydrogens (primary N) is 1. The van der Waals surface area contributed by atoms with Gasteiger partial charge in [-0.1, -0.05) is 54.1 Å². The summed E-state index contributed by atoms with van der Waals surface area (Å²) >= 11 is 6.06. The van der Waals surface area contributed by atoms with Crippen molar-refractivity contribution in [1.29, 1.82) is 0 Å². The predicted octanol–water partition coefficient (Wildman–Crippen LogP) is 4.57. The first-order valence-electron chi connectivity index (χ1n) is 7.02. The largest absolute Gasteiger partial charge is 0.495 e. The number of fused-ring (bicyclic) bond motifs is 1. The smallest absolute Gasteiger partial charge is 0.142 e. The van der Waals surface area contributed by atoms with Crippen LogP contribution in [0.4, 0.5) is 5.69 Å². The Labute approximate surface area is 134 Å². The minimum absolute atomic E-state index is 0.363. The van der Waals surface area contributed by atoms with Gasteiger partial charge < -0.3 is 15.8 Å². The Hall–Kier alpha value is -2.23. The second-order valence-corrected chi connectivity index (χ2v) is 5.47. The van der Waals surface area contributed by atoms with E-state index < -0.39 is 0 Å². The highest BCUT2D eigenvalue weighted by atomic mass is 35.5. The van der Waals surface area contributed by atoms with Crippen molar-refractivity contribution in [2.75, 3.05) is 12.4 Å². The van der Waals surface area contributed by atoms with Gasteiger partial charge in [0.2, 0.25) is 0 Å². The zero-order chi connectivity index (χ0) is 15.5. The van der Waals surface area contributed by atoms with Gasteiger partial charge in [0.05, 0.1) is 12.8 Å². The summed E-state index contributed by atoms with van der Waals surface area (Å²) in [6.07, 6.45) is -0.363. The monoisotopic (exact) mass is 312 g/mol. The van der Waals surface area contributed by atoms with Gasteiger partial charge >= 0.3 is 0 Å². The third-order valence-electron chi connectivity index (χ3n) is 3.63. The molecule has 112 valence electrons. The summed E-state index contributed by atoms with van der Waals surface area (Å²) in [7, 11) is 1.62. The van der Waals surface area contributed by atoms with E-state index in [-0.39, 0.29) is 6.17 Å². The van der Waals surface area contributed by atoms with Crippen molar-refractivity contribution in [1.82, 2.24) is 0 Å². The van der Waals surface area contributed by atoms with Crippen molar-refractivity contribution >= 4 is 28.1 Å². The van der Waals surface area contributed by atoms with Crippen LogP contribution < -0.4 is 15.8 Å². The lowest BCUT2D eigenvalue weighted by Crippen LogP contribution is -2.20. The third kappa shape index (κ3) is 2.86. The molecular weight excluding hydrogens is 296 g/mol. The van der Waals surface area contributed by atoms with E-state index in [1.165, 1.54) is 0 Å². The number of hydrogen-bond donors (Lipinski definition) is 2. The minimum atomic E-state index is -0.363. The normalized spacial score (nSPS) is 12.1. The topological polar surface area (TPSA) is 47.3 Å². The summed E-state index contributed by atoms with van der Waals surface area (Å²) in [4.78, 5) is 0. The summed E-state index contributed by atoms with van der Waals surface area (Å²) < 4.78 is 5.35. The Morgan fingerprint density at radius 1 is 1.05 bits per heavy atom. The molecule has 0 heterocycles. The van der Waals surface area contributed by atoms with E-state index in [1.807, 2.05) is 36.4 Å². The zero-order valence-electron chi connectivity index (χ0n) is 12.2. The van der Waals surface area contributed by atoms with Crippen molar-refractivity contribution in [2.45, 2.75) is 6.17 Å². The Bertz CT molecular complexity index is 799. The molecule has 0 fully saturated rings. The van der Waals surface area contributed by atoms with Crippen LogP contribution in [0.1, 0.15) is 11.7 Å². The van der Waals surface area contributed by atoms with E-state index in [0.717, 1.165) is 22.0 Å². The summed E-state index contributed by atoms with van der Waals surface area (Å²) in [5.74, 6) is 0.708. The Kier molecular flexibility index (Phi) is 4.18. The molecule has 0 aliphatic rings. The third-order valence-corrected chi connectivity index (χ3v) is 3.87. The van der Waals surface area contributed by atoms with Crippen LogP contribution in [0.5, 0.6) is 5.75 Å². The molecule has 4 heteroatoms. The van der Waals surface area contributed by atoms with Crippen molar-refractivity contribution < 1.29 is 4.74 Å². The highest BCUT2D eigenvalue weighted by molar-refractivity contribution is 6.30. The van der Waals surface area contributed by atoms with E-state index in [1.54, 1.807) is 13.2 Å². The molecule has 3 aromatic carbocycles. The van der Waals surface area contributed by atoms with Crippen LogP contribution in [-0.4, -0.2) is 7.11 Å². The van der Waals surface area contributed by atoms with Gasteiger partial charge in [-0.15, -0.1) is 0 Å². The van der Waals surface area contributed by atoms with Crippen LogP contribution in [0.2, 0.25) is 5.02 Å². The van der Waals surface area contributed by atoms with Crippen LogP contribution in [0, 0.1) is 0 Å². The molecule has 1 atom stereocenters. The van der Waals surface area contributed by atoms with Crippen molar-refractivity contribution in [3.8, 4) is 5.75 Å². The second-order valence-electron chi connectivity index (χ2n) is 5.03. The summed E-state index contributed by atoms with van der Waals surface area (Å²) in [5, 5.41) is 6.20. The molecule has 0 aromatic heterocycles. The molecule has 3 N–H and O–H groups in total. The number of hydrogen-bond acceptors (Lipinski definition) is 3. The molecule has 3 aromatic rings. The van der Waals surface area contributed by atoms with Crippen molar-refractivity contribution in [2.24, 2.45) is 5.73 Å². The molecule has 0 bridgehead atoms. The van der Waals surface area contributed by atoms with E-state index in [0.29, 0.717) is 10.8 Å². The molecule has 0 radical (unpaired) electrons. The first-order valence-corrected chi connectivity index (χ1v) is 7.40. The highest BCUT2D eigenvalue weighted by Gasteiger charge is 2.12. The van der Waals surface area contributed by atoms with Crippen LogP contribution in [-0.2, 0) is 0 Å². The van der Waals surface area contributed by atoms with Crippen molar-refractivity contribution in [3.63, 3.8) is 0 Å². The fourth-order valence-electron chi connectivity index (χ4n) is 2.56. The number of anilines is 1. The standard InChI is InChI=1S/C18H17ClN2O/c1-22-17-10-9-13(19)11-16(17)21-18(20)15-8-4-6-12-5-2-3-7-14(12)15/h2-11,18,21H,20H2,1H3. The highest BCUT2D eigenvalue weighted by Crippen LogP contribution is 2.31. The average Bonchev–Trinajstić information content (AvgIpc) is 2.54. The molecule has 0 aliphatic carbocycles. The van der Waals surface area contributed by atoms with Crippen LogP contribution >= 0.6 is 11.6 Å². The number of benzene rings is 3. The molecular formula is C18H17ClN2O. The number of rotatable bonds is 4. The number of halogens is 1. The fourth-order valence-corrected chi connectivity index (χ4v) is 2.73. The van der Waals surface area contributed by atoms with E-state index in [9.17, 15) is 0 Å². The van der Waals surface area contributed by atoms with Gasteiger partial charge in [0.25, 0.3) is 0 Å². The molecule has 0 amide bonds. The van der Waals surface area contributed by atoms with Gasteiger partial charge in [0.1, 0.15) is 11.9 Å². The maximum absolute atomic E-state index is 6.36. The Balaban J connectivity index is 1.97. The molecule has 0 aliphatic heterocycles. The molecule has 3 rings (SSSR count). The second kappa shape index (κ2) is 6.26. The summed E-state index contributed by atoms with van der Waals surface area (Å²) in [5.41, 5.74) is 8.16. The summed E-state index contributed by atoms with van der Waals surface area (Å²) in [6, 6.07) is 19.7. The lowest BCUT2D eigenvalue weighted by Gasteiger charge is -2.19. The van der Waals surface area contributed by atoms with E-state index >= 15 is 0 Å². The Morgan fingerprint density at radius 3 is 2.64 bits per heavy atom. The maximum Gasteiger partial charge on any atom is 0.142 e. The molecule has 0 saturated carbocycles. The first kappa shape index (κ1) is 14.7. The van der Waals surface area contributed by atoms with Gasteiger partial charge in [-0.05, 0) is 34.5 Å². The van der Waals surface area contributed by atoms with Crippen LogP contribution in [0.15, 0.2) is 60.7 Å². The van der Waals surface area contributed by atoms with Gasteiger partial charge in [0.15, 0.2) is 0 Å². The van der Waals surface area contributed by atoms with Crippen LogP contribution in [0.25, 0.3) is 10.8 Å². The number of ether oxygens (including phenoxy) is 1. The quantitative estimate of drug-likeness (QED) is 0.694. The molecule has 1 unspecified atom stereocenters. The molecule has 3 nitrogen and oxygen atoms in total. The van der Waals surface area contributed by atoms with E-state index in [2.05, 4.69) is 23.5 Å².